The maximum atomic E-state index is 12.8. The Morgan fingerprint density at radius 2 is 2.00 bits per heavy atom. The van der Waals surface area contributed by atoms with E-state index in [2.05, 4.69) is 15.6 Å². The molecule has 1 aliphatic heterocycles. The largest absolute Gasteiger partial charge is 0.274 e. The molecule has 2 aromatic rings. The molecule has 1 saturated heterocycles. The molecule has 0 unspecified atom stereocenters. The molecule has 1 N–H and O–H groups in total. The number of carbonyl (C=O) groups is 1. The van der Waals surface area contributed by atoms with Crippen LogP contribution in [-0.2, 0) is 0 Å². The molecule has 1 aliphatic rings. The molecule has 1 aromatic carbocycles. The van der Waals surface area contributed by atoms with Gasteiger partial charge in [0.1, 0.15) is 0 Å². The van der Waals surface area contributed by atoms with Gasteiger partial charge in [-0.15, -0.1) is 0 Å². The molecule has 6 nitrogen and oxygen atoms in total. The quantitative estimate of drug-likeness (QED) is 0.912. The summed E-state index contributed by atoms with van der Waals surface area (Å²) in [5.74, 6) is -0.0205. The standard InChI is InChI=1S/C15H19N5O/c1-12-5-6-14(20-17-8-9-18-20)13(11-12)15(21)19-10-4-2-3-7-16-19/h5-6,8-9,11,16H,2-4,7,10H2,1H3. The molecule has 0 saturated carbocycles. The molecule has 1 amide bonds. The molecular weight excluding hydrogens is 266 g/mol. The van der Waals surface area contributed by atoms with Gasteiger partial charge in [0.05, 0.1) is 23.6 Å². The summed E-state index contributed by atoms with van der Waals surface area (Å²) < 4.78 is 0. The first kappa shape index (κ1) is 13.8. The van der Waals surface area contributed by atoms with Crippen LogP contribution in [0.5, 0.6) is 0 Å². The van der Waals surface area contributed by atoms with Crippen LogP contribution in [-0.4, -0.2) is 39.0 Å². The predicted molar refractivity (Wildman–Crippen MR) is 79.0 cm³/mol. The highest BCUT2D eigenvalue weighted by molar-refractivity contribution is 5.97. The Balaban J connectivity index is 1.96. The summed E-state index contributed by atoms with van der Waals surface area (Å²) in [5.41, 5.74) is 5.59. The predicted octanol–water partition coefficient (Wildman–Crippen LogP) is 1.71. The number of aryl methyl sites for hydroxylation is 1. The fraction of sp³-hybridized carbons (Fsp3) is 0.400. The first-order valence-electron chi connectivity index (χ1n) is 7.28. The lowest BCUT2D eigenvalue weighted by molar-refractivity contribution is 0.0673. The maximum Gasteiger partial charge on any atom is 0.270 e. The number of hydrogen-bond acceptors (Lipinski definition) is 4. The molecule has 110 valence electrons. The summed E-state index contributed by atoms with van der Waals surface area (Å²) >= 11 is 0. The minimum Gasteiger partial charge on any atom is -0.274 e. The van der Waals surface area contributed by atoms with Gasteiger partial charge in [-0.05, 0) is 31.9 Å². The van der Waals surface area contributed by atoms with Crippen molar-refractivity contribution in [1.82, 2.24) is 25.4 Å². The third-order valence-corrected chi connectivity index (χ3v) is 3.62. The van der Waals surface area contributed by atoms with E-state index in [-0.39, 0.29) is 5.91 Å². The molecule has 0 spiro atoms. The van der Waals surface area contributed by atoms with Crippen LogP contribution >= 0.6 is 0 Å². The number of nitrogens with zero attached hydrogens (tertiary/aromatic N) is 4. The lowest BCUT2D eigenvalue weighted by atomic mass is 10.1. The van der Waals surface area contributed by atoms with Gasteiger partial charge in [-0.25, -0.2) is 5.43 Å². The van der Waals surface area contributed by atoms with Gasteiger partial charge in [-0.2, -0.15) is 15.0 Å². The maximum absolute atomic E-state index is 12.8. The topological polar surface area (TPSA) is 63.1 Å². The Morgan fingerprint density at radius 1 is 1.19 bits per heavy atom. The Labute approximate surface area is 123 Å². The number of carbonyl (C=O) groups excluding carboxylic acids is 1. The van der Waals surface area contributed by atoms with Crippen LogP contribution in [0.3, 0.4) is 0 Å². The van der Waals surface area contributed by atoms with Gasteiger partial charge in [0.25, 0.3) is 5.91 Å². The van der Waals surface area contributed by atoms with Crippen LogP contribution in [0.2, 0.25) is 0 Å². The monoisotopic (exact) mass is 285 g/mol. The summed E-state index contributed by atoms with van der Waals surface area (Å²) in [4.78, 5) is 14.3. The van der Waals surface area contributed by atoms with Gasteiger partial charge >= 0.3 is 0 Å². The Hall–Kier alpha value is -2.21. The van der Waals surface area contributed by atoms with E-state index in [1.165, 1.54) is 4.80 Å². The molecular formula is C15H19N5O. The van der Waals surface area contributed by atoms with Crippen LogP contribution in [0, 0.1) is 6.92 Å². The van der Waals surface area contributed by atoms with E-state index < -0.39 is 0 Å². The second-order valence-corrected chi connectivity index (χ2v) is 5.26. The van der Waals surface area contributed by atoms with Crippen molar-refractivity contribution in [3.05, 3.63) is 41.7 Å². The van der Waals surface area contributed by atoms with Crippen molar-refractivity contribution < 1.29 is 4.79 Å². The number of aromatic nitrogens is 3. The Kier molecular flexibility index (Phi) is 3.96. The fourth-order valence-corrected chi connectivity index (χ4v) is 2.52. The third-order valence-electron chi connectivity index (χ3n) is 3.62. The molecule has 0 radical (unpaired) electrons. The van der Waals surface area contributed by atoms with Gasteiger partial charge < -0.3 is 0 Å². The Morgan fingerprint density at radius 3 is 2.81 bits per heavy atom. The molecule has 0 aliphatic carbocycles. The molecule has 3 rings (SSSR count). The minimum atomic E-state index is -0.0205. The molecule has 21 heavy (non-hydrogen) atoms. The van der Waals surface area contributed by atoms with E-state index in [4.69, 9.17) is 0 Å². The van der Waals surface area contributed by atoms with Crippen LogP contribution < -0.4 is 5.43 Å². The van der Waals surface area contributed by atoms with Gasteiger partial charge in [-0.1, -0.05) is 18.1 Å². The highest BCUT2D eigenvalue weighted by atomic mass is 16.2. The average molecular weight is 285 g/mol. The number of rotatable bonds is 2. The molecule has 6 heteroatoms. The third kappa shape index (κ3) is 2.95. The van der Waals surface area contributed by atoms with E-state index in [1.54, 1.807) is 17.4 Å². The zero-order chi connectivity index (χ0) is 14.7. The fourth-order valence-electron chi connectivity index (χ4n) is 2.52. The van der Waals surface area contributed by atoms with Crippen LogP contribution in [0.15, 0.2) is 30.6 Å². The zero-order valence-corrected chi connectivity index (χ0v) is 12.1. The lowest BCUT2D eigenvalue weighted by Gasteiger charge is -2.22. The zero-order valence-electron chi connectivity index (χ0n) is 12.1. The molecule has 1 aromatic heterocycles. The lowest BCUT2D eigenvalue weighted by Crippen LogP contribution is -2.43. The van der Waals surface area contributed by atoms with E-state index in [0.717, 1.165) is 37.9 Å². The highest BCUT2D eigenvalue weighted by Crippen LogP contribution is 2.17. The summed E-state index contributed by atoms with van der Waals surface area (Å²) in [5, 5.41) is 9.99. The van der Waals surface area contributed by atoms with Crippen molar-refractivity contribution >= 4 is 5.91 Å². The number of hydrogen-bond donors (Lipinski definition) is 1. The summed E-state index contributed by atoms with van der Waals surface area (Å²) in [6, 6.07) is 5.75. The van der Waals surface area contributed by atoms with E-state index >= 15 is 0 Å². The minimum absolute atomic E-state index is 0.0205. The molecule has 1 fully saturated rings. The number of hydrazine groups is 1. The van der Waals surface area contributed by atoms with E-state index in [1.807, 2.05) is 25.1 Å². The summed E-state index contributed by atoms with van der Waals surface area (Å²) in [7, 11) is 0. The SMILES string of the molecule is Cc1ccc(-n2nccn2)c(C(=O)N2CCCCCN2)c1. The number of nitrogens with one attached hydrogen (secondary N) is 1. The van der Waals surface area contributed by atoms with Crippen molar-refractivity contribution in [2.75, 3.05) is 13.1 Å². The number of amides is 1. The normalized spacial score (nSPS) is 15.8. The average Bonchev–Trinajstić information content (AvgIpc) is 2.88. The molecule has 2 heterocycles. The summed E-state index contributed by atoms with van der Waals surface area (Å²) in [6.45, 7) is 3.55. The van der Waals surface area contributed by atoms with E-state index in [9.17, 15) is 4.79 Å². The van der Waals surface area contributed by atoms with E-state index in [0.29, 0.717) is 11.3 Å². The summed E-state index contributed by atoms with van der Waals surface area (Å²) in [6.07, 6.45) is 6.50. The van der Waals surface area contributed by atoms with Crippen molar-refractivity contribution in [2.45, 2.75) is 26.2 Å². The Bertz CT molecular complexity index is 615. The van der Waals surface area contributed by atoms with Gasteiger partial charge in [-0.3, -0.25) is 9.80 Å². The second kappa shape index (κ2) is 6.05. The van der Waals surface area contributed by atoms with Crippen LogP contribution in [0.1, 0.15) is 35.2 Å². The van der Waals surface area contributed by atoms with Crippen LogP contribution in [0.4, 0.5) is 0 Å². The first-order chi connectivity index (χ1) is 10.3. The van der Waals surface area contributed by atoms with Crippen molar-refractivity contribution in [2.24, 2.45) is 0 Å². The van der Waals surface area contributed by atoms with Crippen molar-refractivity contribution in [3.8, 4) is 5.69 Å². The van der Waals surface area contributed by atoms with Crippen molar-refractivity contribution in [1.29, 1.82) is 0 Å². The van der Waals surface area contributed by atoms with Crippen LogP contribution in [0.25, 0.3) is 5.69 Å². The first-order valence-corrected chi connectivity index (χ1v) is 7.28. The highest BCUT2D eigenvalue weighted by Gasteiger charge is 2.21. The van der Waals surface area contributed by atoms with Crippen molar-refractivity contribution in [3.63, 3.8) is 0 Å². The molecule has 0 atom stereocenters. The second-order valence-electron chi connectivity index (χ2n) is 5.26. The van der Waals surface area contributed by atoms with Gasteiger partial charge in [0.15, 0.2) is 0 Å². The van der Waals surface area contributed by atoms with Gasteiger partial charge in [0, 0.05) is 13.1 Å². The van der Waals surface area contributed by atoms with Gasteiger partial charge in [0.2, 0.25) is 0 Å². The number of benzene rings is 1. The molecule has 0 bridgehead atoms. The smallest absolute Gasteiger partial charge is 0.270 e.